The minimum absolute atomic E-state index is 0.00526. The Morgan fingerprint density at radius 3 is 3.00 bits per heavy atom. The quantitative estimate of drug-likeness (QED) is 0.726. The molecule has 2 aromatic heterocycles. The lowest BCUT2D eigenvalue weighted by molar-refractivity contribution is -0.160. The number of carbonyl (C=O) groups excluding carboxylic acids is 2. The van der Waals surface area contributed by atoms with E-state index in [0.717, 1.165) is 49.6 Å². The minimum Gasteiger partial charge on any atom is -0.354 e. The first-order valence-corrected chi connectivity index (χ1v) is 11.7. The van der Waals surface area contributed by atoms with Gasteiger partial charge in [-0.05, 0) is 31.2 Å². The number of rotatable bonds is 6. The highest BCUT2D eigenvalue weighted by Crippen LogP contribution is 2.42. The molecule has 4 atom stereocenters. The van der Waals surface area contributed by atoms with Crippen molar-refractivity contribution in [2.45, 2.75) is 50.7 Å². The average molecular weight is 429 g/mol. The van der Waals surface area contributed by atoms with Gasteiger partial charge in [-0.2, -0.15) is 5.10 Å². The van der Waals surface area contributed by atoms with Gasteiger partial charge in [0.25, 0.3) is 0 Å². The van der Waals surface area contributed by atoms with Crippen molar-refractivity contribution in [1.29, 1.82) is 0 Å². The molecule has 2 aromatic rings. The fourth-order valence-corrected chi connectivity index (χ4v) is 6.25. The van der Waals surface area contributed by atoms with Gasteiger partial charge in [0.2, 0.25) is 11.8 Å². The highest BCUT2D eigenvalue weighted by Gasteiger charge is 2.51. The van der Waals surface area contributed by atoms with E-state index >= 15 is 0 Å². The van der Waals surface area contributed by atoms with E-state index in [2.05, 4.69) is 25.4 Å². The first kappa shape index (κ1) is 19.7. The Hall–Kier alpha value is -2.26. The van der Waals surface area contributed by atoms with Gasteiger partial charge in [-0.25, -0.2) is 4.98 Å². The van der Waals surface area contributed by atoms with Crippen LogP contribution in [0.2, 0.25) is 0 Å². The van der Waals surface area contributed by atoms with Crippen molar-refractivity contribution in [2.75, 3.05) is 19.6 Å². The molecule has 160 valence electrons. The van der Waals surface area contributed by atoms with Crippen LogP contribution in [-0.4, -0.2) is 68.5 Å². The number of piperidine rings is 3. The molecular formula is C21H28N6O2S. The van der Waals surface area contributed by atoms with Gasteiger partial charge in [0, 0.05) is 67.9 Å². The summed E-state index contributed by atoms with van der Waals surface area (Å²) in [6.07, 6.45) is 7.81. The first-order valence-electron chi connectivity index (χ1n) is 10.9. The molecule has 5 rings (SSSR count). The van der Waals surface area contributed by atoms with E-state index in [1.165, 1.54) is 0 Å². The third-order valence-corrected chi connectivity index (χ3v) is 7.54. The second-order valence-electron chi connectivity index (χ2n) is 8.70. The summed E-state index contributed by atoms with van der Waals surface area (Å²) in [5, 5.41) is 13.1. The van der Waals surface area contributed by atoms with E-state index < -0.39 is 0 Å². The van der Waals surface area contributed by atoms with Gasteiger partial charge in [0.05, 0.1) is 6.54 Å². The highest BCUT2D eigenvalue weighted by atomic mass is 32.1. The van der Waals surface area contributed by atoms with Crippen molar-refractivity contribution in [2.24, 2.45) is 11.8 Å². The van der Waals surface area contributed by atoms with Crippen molar-refractivity contribution < 1.29 is 9.59 Å². The van der Waals surface area contributed by atoms with Gasteiger partial charge in [-0.3, -0.25) is 19.6 Å². The molecule has 0 aromatic carbocycles. The van der Waals surface area contributed by atoms with Crippen molar-refractivity contribution in [1.82, 2.24) is 30.3 Å². The van der Waals surface area contributed by atoms with Gasteiger partial charge in [-0.15, -0.1) is 11.3 Å². The molecule has 3 aliphatic heterocycles. The summed E-state index contributed by atoms with van der Waals surface area (Å²) in [5.74, 6) is 0.772. The average Bonchev–Trinajstić information content (AvgIpc) is 3.43. The van der Waals surface area contributed by atoms with Crippen LogP contribution in [-0.2, 0) is 22.6 Å². The molecule has 8 nitrogen and oxygen atoms in total. The fourth-order valence-electron chi connectivity index (χ4n) is 5.59. The number of nitrogens with zero attached hydrogens (tertiary/aromatic N) is 4. The number of H-pyrrole nitrogens is 1. The topological polar surface area (TPSA) is 94.2 Å². The fraction of sp³-hybridized carbons (Fsp3) is 0.619. The van der Waals surface area contributed by atoms with Crippen LogP contribution in [0.15, 0.2) is 23.8 Å². The summed E-state index contributed by atoms with van der Waals surface area (Å²) in [5.41, 5.74) is 0.998. The number of amides is 2. The zero-order chi connectivity index (χ0) is 20.5. The zero-order valence-electron chi connectivity index (χ0n) is 17.0. The van der Waals surface area contributed by atoms with Crippen LogP contribution in [0.4, 0.5) is 0 Å². The second-order valence-corrected chi connectivity index (χ2v) is 9.68. The van der Waals surface area contributed by atoms with E-state index in [4.69, 9.17) is 0 Å². The predicted octanol–water partition coefficient (Wildman–Crippen LogP) is 1.43. The van der Waals surface area contributed by atoms with Crippen LogP contribution in [0.1, 0.15) is 36.4 Å². The van der Waals surface area contributed by atoms with E-state index in [0.29, 0.717) is 25.3 Å². The van der Waals surface area contributed by atoms with Crippen LogP contribution >= 0.6 is 11.3 Å². The number of hydrogen-bond donors (Lipinski definition) is 2. The Morgan fingerprint density at radius 2 is 2.20 bits per heavy atom. The van der Waals surface area contributed by atoms with Crippen LogP contribution < -0.4 is 5.32 Å². The summed E-state index contributed by atoms with van der Waals surface area (Å²) < 4.78 is 0. The van der Waals surface area contributed by atoms with Crippen molar-refractivity contribution in [3.63, 3.8) is 0 Å². The molecule has 0 aliphatic carbocycles. The number of aromatic nitrogens is 3. The molecule has 0 spiro atoms. The Labute approximate surface area is 180 Å². The first-order chi connectivity index (χ1) is 14.7. The van der Waals surface area contributed by atoms with E-state index in [1.807, 2.05) is 22.5 Å². The number of nitrogens with one attached hydrogen (secondary N) is 2. The molecule has 2 N–H and O–H groups in total. The normalized spacial score (nSPS) is 28.9. The summed E-state index contributed by atoms with van der Waals surface area (Å²) in [6.45, 7) is 3.20. The molecular weight excluding hydrogens is 400 g/mol. The summed E-state index contributed by atoms with van der Waals surface area (Å²) in [6, 6.07) is 1.74. The Balaban J connectivity index is 1.32. The zero-order valence-corrected chi connectivity index (χ0v) is 17.8. The number of carbonyl (C=O) groups is 2. The SMILES string of the molecule is O=C(NCCc1ccn[nH]1)[C@H]1[C@@H]2C[C@@H](CN(Cc3nccs3)C2)[C@@H]2CCCC(=O)N21. The lowest BCUT2D eigenvalue weighted by atomic mass is 9.71. The Bertz CT molecular complexity index is 870. The molecule has 0 radical (unpaired) electrons. The smallest absolute Gasteiger partial charge is 0.243 e. The summed E-state index contributed by atoms with van der Waals surface area (Å²) >= 11 is 1.68. The molecule has 2 bridgehead atoms. The maximum Gasteiger partial charge on any atom is 0.243 e. The van der Waals surface area contributed by atoms with Crippen molar-refractivity contribution in [3.05, 3.63) is 34.5 Å². The molecule has 9 heteroatoms. The van der Waals surface area contributed by atoms with Crippen molar-refractivity contribution >= 4 is 23.2 Å². The highest BCUT2D eigenvalue weighted by molar-refractivity contribution is 7.09. The largest absolute Gasteiger partial charge is 0.354 e. The molecule has 30 heavy (non-hydrogen) atoms. The van der Waals surface area contributed by atoms with E-state index in [1.54, 1.807) is 17.5 Å². The van der Waals surface area contributed by atoms with Gasteiger partial charge in [0.15, 0.2) is 0 Å². The second kappa shape index (κ2) is 8.47. The Kier molecular flexibility index (Phi) is 5.56. The third-order valence-electron chi connectivity index (χ3n) is 6.78. The van der Waals surface area contributed by atoms with Crippen LogP contribution in [0.5, 0.6) is 0 Å². The standard InChI is InChI=1S/C21H28N6O2S/c28-19-3-1-2-17-14-10-15(12-26(11-14)13-18-22-8-9-30-18)20(27(17)19)21(29)23-6-4-16-5-7-24-25-16/h5,7-9,14-15,17,20H,1-4,6,10-13H2,(H,23,29)(H,24,25)/t14-,15+,17-,20+/m0/s1. The third kappa shape index (κ3) is 3.88. The maximum atomic E-state index is 13.3. The molecule has 0 saturated carbocycles. The van der Waals surface area contributed by atoms with Crippen molar-refractivity contribution in [3.8, 4) is 0 Å². The summed E-state index contributed by atoms with van der Waals surface area (Å²) in [7, 11) is 0. The molecule has 5 heterocycles. The molecule has 3 fully saturated rings. The molecule has 0 unspecified atom stereocenters. The van der Waals surface area contributed by atoms with Gasteiger partial charge >= 0.3 is 0 Å². The lowest BCUT2D eigenvalue weighted by Crippen LogP contribution is -2.68. The predicted molar refractivity (Wildman–Crippen MR) is 113 cm³/mol. The molecule has 2 amide bonds. The van der Waals surface area contributed by atoms with Gasteiger partial charge < -0.3 is 10.2 Å². The van der Waals surface area contributed by atoms with Gasteiger partial charge in [-0.1, -0.05) is 0 Å². The van der Waals surface area contributed by atoms with Crippen LogP contribution in [0.25, 0.3) is 0 Å². The molecule has 3 saturated heterocycles. The molecule has 3 aliphatic rings. The number of likely N-dealkylation sites (tertiary alicyclic amines) is 1. The number of thiazole rings is 1. The lowest BCUT2D eigenvalue weighted by Gasteiger charge is -2.55. The number of aromatic amines is 1. The number of fused-ring (bicyclic) bond motifs is 4. The Morgan fingerprint density at radius 1 is 1.30 bits per heavy atom. The number of hydrogen-bond acceptors (Lipinski definition) is 6. The van der Waals surface area contributed by atoms with Crippen LogP contribution in [0.3, 0.4) is 0 Å². The maximum absolute atomic E-state index is 13.3. The van der Waals surface area contributed by atoms with E-state index in [9.17, 15) is 9.59 Å². The van der Waals surface area contributed by atoms with Crippen LogP contribution in [0, 0.1) is 11.8 Å². The monoisotopic (exact) mass is 428 g/mol. The van der Waals surface area contributed by atoms with E-state index in [-0.39, 0.29) is 29.8 Å². The minimum atomic E-state index is -0.361. The van der Waals surface area contributed by atoms with Gasteiger partial charge in [0.1, 0.15) is 11.0 Å². The summed E-state index contributed by atoms with van der Waals surface area (Å²) in [4.78, 5) is 35.0.